The lowest BCUT2D eigenvalue weighted by molar-refractivity contribution is -0.125. The van der Waals surface area contributed by atoms with Crippen molar-refractivity contribution in [3.8, 4) is 0 Å². The molecule has 2 aromatic rings. The molecule has 4 atom stereocenters. The maximum Gasteiger partial charge on any atom is 0.254 e. The first kappa shape index (κ1) is 20.0. The molecule has 0 spiro atoms. The van der Waals surface area contributed by atoms with E-state index in [4.69, 9.17) is 11.6 Å². The van der Waals surface area contributed by atoms with Crippen molar-refractivity contribution in [2.24, 2.45) is 5.92 Å². The molecule has 6 nitrogen and oxygen atoms in total. The quantitative estimate of drug-likeness (QED) is 0.814. The van der Waals surface area contributed by atoms with Gasteiger partial charge in [0.25, 0.3) is 5.91 Å². The molecular formula is C22H27ClN4O2. The SMILES string of the molecule is C[C@H](Cn1ccnc1)NC(=O)[C@@H]1C[C@H]2CCCC[C@H]2N1C(=O)c1cccc(Cl)c1. The fourth-order valence-electron chi connectivity index (χ4n) is 4.85. The topological polar surface area (TPSA) is 67.2 Å². The lowest BCUT2D eigenvalue weighted by atomic mass is 9.84. The van der Waals surface area contributed by atoms with Gasteiger partial charge >= 0.3 is 0 Å². The predicted molar refractivity (Wildman–Crippen MR) is 112 cm³/mol. The number of carbonyl (C=O) groups excluding carboxylic acids is 2. The van der Waals surface area contributed by atoms with Crippen LogP contribution in [-0.2, 0) is 11.3 Å². The van der Waals surface area contributed by atoms with Crippen LogP contribution in [0.25, 0.3) is 0 Å². The van der Waals surface area contributed by atoms with Crippen LogP contribution in [0.3, 0.4) is 0 Å². The van der Waals surface area contributed by atoms with Crippen molar-refractivity contribution in [3.63, 3.8) is 0 Å². The second-order valence-electron chi connectivity index (χ2n) is 8.26. The lowest BCUT2D eigenvalue weighted by Gasteiger charge is -2.34. The van der Waals surface area contributed by atoms with Crippen LogP contribution < -0.4 is 5.32 Å². The number of hydrogen-bond acceptors (Lipinski definition) is 3. The minimum atomic E-state index is -0.431. The number of hydrogen-bond donors (Lipinski definition) is 1. The van der Waals surface area contributed by atoms with Gasteiger partial charge in [-0.05, 0) is 50.3 Å². The Balaban J connectivity index is 1.53. The van der Waals surface area contributed by atoms with Gasteiger partial charge in [-0.1, -0.05) is 30.5 Å². The molecule has 1 aromatic carbocycles. The van der Waals surface area contributed by atoms with Gasteiger partial charge < -0.3 is 14.8 Å². The summed E-state index contributed by atoms with van der Waals surface area (Å²) in [5.74, 6) is 0.235. The van der Waals surface area contributed by atoms with E-state index in [1.54, 1.807) is 36.8 Å². The zero-order valence-electron chi connectivity index (χ0n) is 16.6. The summed E-state index contributed by atoms with van der Waals surface area (Å²) in [4.78, 5) is 32.5. The normalized spacial score (nSPS) is 24.8. The highest BCUT2D eigenvalue weighted by molar-refractivity contribution is 6.31. The zero-order valence-corrected chi connectivity index (χ0v) is 17.4. The molecule has 1 saturated carbocycles. The number of imidazole rings is 1. The van der Waals surface area contributed by atoms with Gasteiger partial charge in [0.1, 0.15) is 6.04 Å². The van der Waals surface area contributed by atoms with Gasteiger partial charge in [0.05, 0.1) is 6.33 Å². The van der Waals surface area contributed by atoms with E-state index in [1.807, 2.05) is 22.6 Å². The highest BCUT2D eigenvalue weighted by Crippen LogP contribution is 2.40. The Morgan fingerprint density at radius 1 is 1.31 bits per heavy atom. The summed E-state index contributed by atoms with van der Waals surface area (Å²) in [7, 11) is 0. The van der Waals surface area contributed by atoms with Crippen LogP contribution in [-0.4, -0.2) is 44.4 Å². The van der Waals surface area contributed by atoms with Crippen molar-refractivity contribution in [1.82, 2.24) is 19.8 Å². The van der Waals surface area contributed by atoms with Crippen molar-refractivity contribution in [1.29, 1.82) is 0 Å². The zero-order chi connectivity index (χ0) is 20.4. The number of likely N-dealkylation sites (tertiary alicyclic amines) is 1. The van der Waals surface area contributed by atoms with Crippen LogP contribution in [0.2, 0.25) is 5.02 Å². The molecule has 1 saturated heterocycles. The van der Waals surface area contributed by atoms with E-state index in [-0.39, 0.29) is 23.9 Å². The van der Waals surface area contributed by atoms with E-state index in [0.717, 1.165) is 25.7 Å². The highest BCUT2D eigenvalue weighted by Gasteiger charge is 2.47. The number of aromatic nitrogens is 2. The van der Waals surface area contributed by atoms with Crippen LogP contribution in [0.5, 0.6) is 0 Å². The molecule has 0 unspecified atom stereocenters. The average Bonchev–Trinajstić information content (AvgIpc) is 3.34. The molecule has 2 aliphatic rings. The summed E-state index contributed by atoms with van der Waals surface area (Å²) < 4.78 is 1.94. The van der Waals surface area contributed by atoms with Crippen LogP contribution in [0.4, 0.5) is 0 Å². The van der Waals surface area contributed by atoms with Gasteiger partial charge in [-0.3, -0.25) is 9.59 Å². The first-order valence-corrected chi connectivity index (χ1v) is 10.7. The fourth-order valence-corrected chi connectivity index (χ4v) is 5.04. The second-order valence-corrected chi connectivity index (χ2v) is 8.69. The number of benzene rings is 1. The minimum Gasteiger partial charge on any atom is -0.350 e. The van der Waals surface area contributed by atoms with E-state index < -0.39 is 6.04 Å². The Kier molecular flexibility index (Phi) is 5.90. The molecule has 0 radical (unpaired) electrons. The third-order valence-corrected chi connectivity index (χ3v) is 6.36. The summed E-state index contributed by atoms with van der Waals surface area (Å²) in [5, 5.41) is 3.64. The van der Waals surface area contributed by atoms with E-state index in [1.165, 1.54) is 6.42 Å². The molecule has 1 aliphatic carbocycles. The molecule has 154 valence electrons. The van der Waals surface area contributed by atoms with Gasteiger partial charge in [0.2, 0.25) is 5.91 Å². The third kappa shape index (κ3) is 4.32. The number of carbonyl (C=O) groups is 2. The van der Waals surface area contributed by atoms with Crippen molar-refractivity contribution in [2.45, 2.75) is 63.7 Å². The van der Waals surface area contributed by atoms with E-state index in [9.17, 15) is 9.59 Å². The summed E-state index contributed by atoms with van der Waals surface area (Å²) >= 11 is 6.11. The molecule has 2 heterocycles. The number of nitrogens with one attached hydrogen (secondary N) is 1. The fraction of sp³-hybridized carbons (Fsp3) is 0.500. The number of halogens is 1. The van der Waals surface area contributed by atoms with Gasteiger partial charge in [0.15, 0.2) is 0 Å². The molecule has 29 heavy (non-hydrogen) atoms. The second kappa shape index (κ2) is 8.57. The Bertz CT molecular complexity index is 869. The Morgan fingerprint density at radius 2 is 2.14 bits per heavy atom. The first-order chi connectivity index (χ1) is 14.0. The average molecular weight is 415 g/mol. The van der Waals surface area contributed by atoms with E-state index >= 15 is 0 Å². The third-order valence-electron chi connectivity index (χ3n) is 6.13. The minimum absolute atomic E-state index is 0.0533. The standard InChI is InChI=1S/C22H27ClN4O2/c1-15(13-26-10-9-24-14-26)25-21(28)20-12-16-5-2-3-8-19(16)27(20)22(29)17-6-4-7-18(23)11-17/h4,6-7,9-11,14-16,19-20H,2-3,5,8,12-13H2,1H3,(H,25,28)/t15-,16-,19-,20+/m1/s1. The van der Waals surface area contributed by atoms with Crippen molar-refractivity contribution in [3.05, 3.63) is 53.6 Å². The molecule has 0 bridgehead atoms. The molecule has 1 aliphatic heterocycles. The monoisotopic (exact) mass is 414 g/mol. The number of fused-ring (bicyclic) bond motifs is 1. The molecule has 4 rings (SSSR count). The van der Waals surface area contributed by atoms with Crippen molar-refractivity contribution < 1.29 is 9.59 Å². The van der Waals surface area contributed by atoms with Gasteiger partial charge in [-0.2, -0.15) is 0 Å². The maximum absolute atomic E-state index is 13.4. The highest BCUT2D eigenvalue weighted by atomic mass is 35.5. The Labute approximate surface area is 176 Å². The van der Waals surface area contributed by atoms with Gasteiger partial charge in [0, 0.05) is 41.6 Å². The van der Waals surface area contributed by atoms with Crippen LogP contribution in [0, 0.1) is 5.92 Å². The first-order valence-electron chi connectivity index (χ1n) is 10.4. The van der Waals surface area contributed by atoms with Crippen molar-refractivity contribution >= 4 is 23.4 Å². The van der Waals surface area contributed by atoms with Crippen LogP contribution in [0.1, 0.15) is 49.4 Å². The molecular weight excluding hydrogens is 388 g/mol. The largest absolute Gasteiger partial charge is 0.350 e. The molecule has 7 heteroatoms. The molecule has 2 amide bonds. The van der Waals surface area contributed by atoms with Gasteiger partial charge in [-0.15, -0.1) is 0 Å². The predicted octanol–water partition coefficient (Wildman–Crippen LogP) is 3.51. The Hall–Kier alpha value is -2.34. The maximum atomic E-state index is 13.4. The molecule has 1 aromatic heterocycles. The van der Waals surface area contributed by atoms with E-state index in [2.05, 4.69) is 10.3 Å². The van der Waals surface area contributed by atoms with Gasteiger partial charge in [-0.25, -0.2) is 4.98 Å². The summed E-state index contributed by atoms with van der Waals surface area (Å²) in [6, 6.07) is 6.66. The Morgan fingerprint density at radius 3 is 2.90 bits per heavy atom. The van der Waals surface area contributed by atoms with E-state index in [0.29, 0.717) is 23.0 Å². The summed E-state index contributed by atoms with van der Waals surface area (Å²) in [5.41, 5.74) is 0.549. The number of rotatable bonds is 5. The van der Waals surface area contributed by atoms with Crippen molar-refractivity contribution in [2.75, 3.05) is 0 Å². The van der Waals surface area contributed by atoms with Crippen LogP contribution in [0.15, 0.2) is 43.0 Å². The smallest absolute Gasteiger partial charge is 0.254 e. The van der Waals surface area contributed by atoms with Crippen LogP contribution >= 0.6 is 11.6 Å². The number of amides is 2. The number of nitrogens with zero attached hydrogens (tertiary/aromatic N) is 3. The molecule has 2 fully saturated rings. The summed E-state index contributed by atoms with van der Waals surface area (Å²) in [6.45, 7) is 2.62. The lowest BCUT2D eigenvalue weighted by Crippen LogP contribution is -2.51. The summed E-state index contributed by atoms with van der Waals surface area (Å²) in [6.07, 6.45) is 10.4. The molecule has 1 N–H and O–H groups in total.